The smallest absolute Gasteiger partial charge is 0.253 e. The van der Waals surface area contributed by atoms with Crippen LogP contribution in [-0.4, -0.2) is 64.3 Å². The Morgan fingerprint density at radius 1 is 1.06 bits per heavy atom. The van der Waals surface area contributed by atoms with E-state index in [1.54, 1.807) is 32.3 Å². The summed E-state index contributed by atoms with van der Waals surface area (Å²) in [5.74, 6) is -0.321. The number of nitrogens with one attached hydrogen (secondary N) is 1. The maximum absolute atomic E-state index is 13.3. The van der Waals surface area contributed by atoms with Crippen molar-refractivity contribution in [1.29, 1.82) is 0 Å². The molecule has 1 aliphatic heterocycles. The first-order valence-electron chi connectivity index (χ1n) is 10.0. The van der Waals surface area contributed by atoms with Crippen LogP contribution in [0.1, 0.15) is 21.8 Å². The number of rotatable bonds is 8. The highest BCUT2D eigenvalue weighted by molar-refractivity contribution is 5.95. The molecule has 3 rings (SSSR count). The van der Waals surface area contributed by atoms with Crippen LogP contribution in [0.2, 0.25) is 0 Å². The average molecular weight is 430 g/mol. The van der Waals surface area contributed by atoms with Crippen LogP contribution in [0.5, 0.6) is 11.5 Å². The fraction of sp³-hybridized carbons (Fsp3) is 0.391. The molecule has 1 saturated heterocycles. The summed E-state index contributed by atoms with van der Waals surface area (Å²) in [7, 11) is 4.69. The summed E-state index contributed by atoms with van der Waals surface area (Å²) in [4.78, 5) is 27.6. The molecule has 0 radical (unpaired) electrons. The van der Waals surface area contributed by atoms with Crippen molar-refractivity contribution in [3.8, 4) is 11.5 Å². The maximum Gasteiger partial charge on any atom is 0.253 e. The minimum absolute atomic E-state index is 0.158. The summed E-state index contributed by atoms with van der Waals surface area (Å²) in [6.07, 6.45) is 0. The highest BCUT2D eigenvalue weighted by Crippen LogP contribution is 2.39. The molecule has 1 fully saturated rings. The third kappa shape index (κ3) is 5.14. The van der Waals surface area contributed by atoms with Crippen LogP contribution in [0.3, 0.4) is 0 Å². The zero-order valence-corrected chi connectivity index (χ0v) is 17.9. The number of benzene rings is 2. The second-order valence-electron chi connectivity index (χ2n) is 7.32. The molecule has 2 atom stereocenters. The number of likely N-dealkylation sites (tertiary alicyclic amines) is 1. The number of ether oxygens (including phenoxy) is 3. The Hall–Kier alpha value is -3.13. The molecular formula is C23H27FN2O5. The maximum atomic E-state index is 13.3. The van der Waals surface area contributed by atoms with E-state index in [1.165, 1.54) is 24.3 Å². The zero-order valence-electron chi connectivity index (χ0n) is 17.9. The average Bonchev–Trinajstić information content (AvgIpc) is 3.24. The highest BCUT2D eigenvalue weighted by atomic mass is 19.1. The van der Waals surface area contributed by atoms with Gasteiger partial charge in [-0.3, -0.25) is 9.59 Å². The Morgan fingerprint density at radius 3 is 2.45 bits per heavy atom. The molecule has 1 N–H and O–H groups in total. The molecule has 0 saturated carbocycles. The van der Waals surface area contributed by atoms with Crippen molar-refractivity contribution in [2.24, 2.45) is 5.92 Å². The van der Waals surface area contributed by atoms with Gasteiger partial charge in [-0.1, -0.05) is 6.07 Å². The molecule has 0 aliphatic carbocycles. The lowest BCUT2D eigenvalue weighted by Gasteiger charge is -2.21. The van der Waals surface area contributed by atoms with Crippen molar-refractivity contribution in [3.05, 3.63) is 59.4 Å². The summed E-state index contributed by atoms with van der Waals surface area (Å²) in [5.41, 5.74) is 1.20. The van der Waals surface area contributed by atoms with E-state index in [9.17, 15) is 14.0 Å². The number of amides is 2. The lowest BCUT2D eigenvalue weighted by atomic mass is 9.87. The molecule has 8 heteroatoms. The standard InChI is InChI=1S/C23H27FN2O5/c1-29-11-10-25-22(27)20-14-26(23(28)15-4-6-16(24)7-5-15)13-19(20)18-9-8-17(30-2)12-21(18)31-3/h4-9,12,19-20H,10-11,13-14H2,1-3H3,(H,25,27)/t19-,20+/m0/s1. The van der Waals surface area contributed by atoms with Gasteiger partial charge in [0.1, 0.15) is 17.3 Å². The molecule has 2 aromatic rings. The lowest BCUT2D eigenvalue weighted by molar-refractivity contribution is -0.125. The van der Waals surface area contributed by atoms with Gasteiger partial charge in [0, 0.05) is 49.9 Å². The second kappa shape index (κ2) is 10.3. The van der Waals surface area contributed by atoms with E-state index in [0.717, 1.165) is 5.56 Å². The van der Waals surface area contributed by atoms with Crippen molar-refractivity contribution < 1.29 is 28.2 Å². The van der Waals surface area contributed by atoms with Crippen LogP contribution in [0.15, 0.2) is 42.5 Å². The first-order valence-corrected chi connectivity index (χ1v) is 10.0. The molecule has 2 amide bonds. The van der Waals surface area contributed by atoms with Crippen LogP contribution in [0.4, 0.5) is 4.39 Å². The van der Waals surface area contributed by atoms with Crippen LogP contribution in [-0.2, 0) is 9.53 Å². The van der Waals surface area contributed by atoms with E-state index in [0.29, 0.717) is 36.8 Å². The summed E-state index contributed by atoms with van der Waals surface area (Å²) >= 11 is 0. The Morgan fingerprint density at radius 2 is 1.81 bits per heavy atom. The number of methoxy groups -OCH3 is 3. The molecule has 2 aromatic carbocycles. The molecule has 0 spiro atoms. The van der Waals surface area contributed by atoms with E-state index in [4.69, 9.17) is 14.2 Å². The Bertz CT molecular complexity index is 919. The van der Waals surface area contributed by atoms with E-state index >= 15 is 0 Å². The van der Waals surface area contributed by atoms with Gasteiger partial charge in [-0.25, -0.2) is 4.39 Å². The number of nitrogens with zero attached hydrogens (tertiary/aromatic N) is 1. The van der Waals surface area contributed by atoms with Gasteiger partial charge in [0.05, 0.1) is 26.7 Å². The Kier molecular flexibility index (Phi) is 7.46. The minimum atomic E-state index is -0.469. The number of hydrogen-bond acceptors (Lipinski definition) is 5. The summed E-state index contributed by atoms with van der Waals surface area (Å²) in [6, 6.07) is 10.8. The number of carbonyl (C=O) groups is 2. The van der Waals surface area contributed by atoms with Gasteiger partial charge in [0.25, 0.3) is 5.91 Å². The summed E-state index contributed by atoms with van der Waals surface area (Å²) in [5, 5.41) is 2.88. The van der Waals surface area contributed by atoms with Gasteiger partial charge in [0.2, 0.25) is 5.91 Å². The first kappa shape index (κ1) is 22.6. The molecule has 0 bridgehead atoms. The first-order chi connectivity index (χ1) is 15.0. The molecule has 166 valence electrons. The van der Waals surface area contributed by atoms with Crippen molar-refractivity contribution in [1.82, 2.24) is 10.2 Å². The fourth-order valence-corrected chi connectivity index (χ4v) is 3.86. The minimum Gasteiger partial charge on any atom is -0.497 e. The SMILES string of the molecule is COCCNC(=O)[C@@H]1CN(C(=O)c2ccc(F)cc2)C[C@H]1c1ccc(OC)cc1OC. The summed E-state index contributed by atoms with van der Waals surface area (Å²) < 4.78 is 29.1. The molecule has 0 unspecified atom stereocenters. The van der Waals surface area contributed by atoms with Gasteiger partial charge in [-0.2, -0.15) is 0 Å². The third-order valence-electron chi connectivity index (χ3n) is 5.48. The van der Waals surface area contributed by atoms with Gasteiger partial charge in [-0.05, 0) is 30.3 Å². The van der Waals surface area contributed by atoms with Crippen LogP contribution >= 0.6 is 0 Å². The summed E-state index contributed by atoms with van der Waals surface area (Å²) in [6.45, 7) is 1.35. The lowest BCUT2D eigenvalue weighted by Crippen LogP contribution is -2.37. The van der Waals surface area contributed by atoms with E-state index in [2.05, 4.69) is 5.32 Å². The van der Waals surface area contributed by atoms with Crippen LogP contribution in [0.25, 0.3) is 0 Å². The number of halogens is 1. The second-order valence-corrected chi connectivity index (χ2v) is 7.32. The van der Waals surface area contributed by atoms with E-state index in [1.807, 2.05) is 12.1 Å². The van der Waals surface area contributed by atoms with Gasteiger partial charge < -0.3 is 24.4 Å². The molecule has 0 aromatic heterocycles. The highest BCUT2D eigenvalue weighted by Gasteiger charge is 2.41. The predicted octanol–water partition coefficient (Wildman–Crippen LogP) is 2.46. The van der Waals surface area contributed by atoms with E-state index in [-0.39, 0.29) is 24.3 Å². The quantitative estimate of drug-likeness (QED) is 0.651. The number of carbonyl (C=O) groups excluding carboxylic acids is 2. The van der Waals surface area contributed by atoms with Crippen molar-refractivity contribution >= 4 is 11.8 Å². The zero-order chi connectivity index (χ0) is 22.4. The molecule has 7 nitrogen and oxygen atoms in total. The largest absolute Gasteiger partial charge is 0.497 e. The van der Waals surface area contributed by atoms with Crippen LogP contribution < -0.4 is 14.8 Å². The fourth-order valence-electron chi connectivity index (χ4n) is 3.86. The molecule has 31 heavy (non-hydrogen) atoms. The van der Waals surface area contributed by atoms with Crippen LogP contribution in [0, 0.1) is 11.7 Å². The third-order valence-corrected chi connectivity index (χ3v) is 5.48. The monoisotopic (exact) mass is 430 g/mol. The van der Waals surface area contributed by atoms with Gasteiger partial charge in [-0.15, -0.1) is 0 Å². The normalized spacial score (nSPS) is 18.0. The molecule has 1 heterocycles. The van der Waals surface area contributed by atoms with Gasteiger partial charge in [0.15, 0.2) is 0 Å². The number of hydrogen-bond donors (Lipinski definition) is 1. The van der Waals surface area contributed by atoms with Crippen molar-refractivity contribution in [3.63, 3.8) is 0 Å². The molecule has 1 aliphatic rings. The van der Waals surface area contributed by atoms with Crippen molar-refractivity contribution in [2.45, 2.75) is 5.92 Å². The van der Waals surface area contributed by atoms with Gasteiger partial charge >= 0.3 is 0 Å². The Labute approximate surface area is 181 Å². The Balaban J connectivity index is 1.89. The van der Waals surface area contributed by atoms with Crippen molar-refractivity contribution in [2.75, 3.05) is 47.6 Å². The predicted molar refractivity (Wildman–Crippen MR) is 113 cm³/mol. The van der Waals surface area contributed by atoms with E-state index < -0.39 is 11.7 Å². The molecular weight excluding hydrogens is 403 g/mol. The topological polar surface area (TPSA) is 77.1 Å².